The van der Waals surface area contributed by atoms with E-state index in [-0.39, 0.29) is 0 Å². The van der Waals surface area contributed by atoms with Gasteiger partial charge in [0, 0.05) is 31.5 Å². The average Bonchev–Trinajstić information content (AvgIpc) is 2.59. The highest BCUT2D eigenvalue weighted by Gasteiger charge is 2.31. The third-order valence-electron chi connectivity index (χ3n) is 4.68. The number of benzene rings is 1. The monoisotopic (exact) mass is 300 g/mol. The van der Waals surface area contributed by atoms with E-state index in [2.05, 4.69) is 48.3 Å². The zero-order chi connectivity index (χ0) is 15.6. The zero-order valence-corrected chi connectivity index (χ0v) is 13.9. The number of nitriles is 1. The van der Waals surface area contributed by atoms with E-state index in [0.717, 1.165) is 13.1 Å². The maximum Gasteiger partial charge on any atom is 0.150 e. The maximum atomic E-state index is 9.02. The summed E-state index contributed by atoms with van der Waals surface area (Å²) in [5.74, 6) is 0. The summed E-state index contributed by atoms with van der Waals surface area (Å²) in [4.78, 5) is 0. The lowest BCUT2D eigenvalue weighted by Gasteiger charge is -2.37. The molecule has 3 nitrogen and oxygen atoms in total. The second kappa shape index (κ2) is 9.61. The summed E-state index contributed by atoms with van der Waals surface area (Å²) in [7, 11) is 0. The molecule has 120 valence electrons. The smallest absolute Gasteiger partial charge is 0.150 e. The van der Waals surface area contributed by atoms with Gasteiger partial charge in [0.05, 0.1) is 19.0 Å². The number of unbranched alkanes of at least 4 members (excludes halogenated alkanes) is 1. The second-order valence-electron chi connectivity index (χ2n) is 6.33. The molecule has 0 spiro atoms. The van der Waals surface area contributed by atoms with Crippen LogP contribution in [-0.4, -0.2) is 24.1 Å². The van der Waals surface area contributed by atoms with Crippen molar-refractivity contribution in [3.63, 3.8) is 0 Å². The first-order chi connectivity index (χ1) is 10.9. The van der Waals surface area contributed by atoms with Crippen molar-refractivity contribution in [2.75, 3.05) is 13.1 Å². The summed E-state index contributed by atoms with van der Waals surface area (Å²) in [6.07, 6.45) is 9.71. The molecule has 0 bridgehead atoms. The molecule has 0 aromatic heterocycles. The van der Waals surface area contributed by atoms with Gasteiger partial charge in [-0.2, -0.15) is 10.3 Å². The molecule has 2 rings (SSSR count). The van der Waals surface area contributed by atoms with Crippen LogP contribution in [0.2, 0.25) is 0 Å². The molecule has 3 heteroatoms. The normalized spacial score (nSPS) is 17.3. The number of para-hydroxylation sites is 1. The van der Waals surface area contributed by atoms with Crippen LogP contribution < -0.4 is 5.01 Å². The van der Waals surface area contributed by atoms with Crippen molar-refractivity contribution >= 4 is 5.69 Å². The van der Waals surface area contributed by atoms with Crippen LogP contribution in [0.25, 0.3) is 0 Å². The Morgan fingerprint density at radius 1 is 1.14 bits per heavy atom. The van der Waals surface area contributed by atoms with Crippen molar-refractivity contribution in [2.45, 2.75) is 64.3 Å². The maximum absolute atomic E-state index is 9.02. The lowest BCUT2D eigenvalue weighted by molar-refractivity contribution is -0.982. The van der Waals surface area contributed by atoms with Gasteiger partial charge in [0.2, 0.25) is 0 Å². The van der Waals surface area contributed by atoms with Crippen molar-refractivity contribution < 1.29 is 5.01 Å². The van der Waals surface area contributed by atoms with Crippen LogP contribution in [-0.2, 0) is 0 Å². The van der Waals surface area contributed by atoms with Gasteiger partial charge in [-0.3, -0.25) is 0 Å². The van der Waals surface area contributed by atoms with Crippen molar-refractivity contribution in [2.24, 2.45) is 0 Å². The van der Waals surface area contributed by atoms with Gasteiger partial charge in [0.15, 0.2) is 5.69 Å². The summed E-state index contributed by atoms with van der Waals surface area (Å²) in [6, 6.07) is 13.9. The van der Waals surface area contributed by atoms with E-state index in [4.69, 9.17) is 5.26 Å². The lowest BCUT2D eigenvalue weighted by atomic mass is 9.94. The molecule has 1 unspecified atom stereocenters. The molecule has 1 aliphatic carbocycles. The van der Waals surface area contributed by atoms with E-state index in [1.54, 1.807) is 0 Å². The van der Waals surface area contributed by atoms with Crippen LogP contribution in [0.1, 0.15) is 58.3 Å². The molecular weight excluding hydrogens is 270 g/mol. The summed E-state index contributed by atoms with van der Waals surface area (Å²) >= 11 is 0. The number of quaternary nitrogens is 1. The molecular formula is C19H30N3+. The molecule has 1 saturated carbocycles. The molecule has 22 heavy (non-hydrogen) atoms. The van der Waals surface area contributed by atoms with Crippen molar-refractivity contribution in [3.05, 3.63) is 30.3 Å². The number of rotatable bonds is 8. The van der Waals surface area contributed by atoms with Gasteiger partial charge < -0.3 is 0 Å². The van der Waals surface area contributed by atoms with Crippen LogP contribution in [0.15, 0.2) is 30.3 Å². The molecule has 0 aliphatic heterocycles. The Bertz CT molecular complexity index is 445. The van der Waals surface area contributed by atoms with Crippen molar-refractivity contribution in [3.8, 4) is 6.07 Å². The number of nitrogens with one attached hydrogen (secondary N) is 1. The molecule has 1 atom stereocenters. The van der Waals surface area contributed by atoms with Gasteiger partial charge in [-0.25, -0.2) is 5.01 Å². The fourth-order valence-electron chi connectivity index (χ4n) is 3.55. The molecule has 0 heterocycles. The molecule has 0 saturated heterocycles. The Morgan fingerprint density at radius 2 is 1.86 bits per heavy atom. The minimum absolute atomic E-state index is 0.618. The lowest BCUT2D eigenvalue weighted by Crippen LogP contribution is -3.17. The zero-order valence-electron chi connectivity index (χ0n) is 13.9. The molecule has 1 aromatic rings. The summed E-state index contributed by atoms with van der Waals surface area (Å²) in [5.41, 5.74) is 1.36. The van der Waals surface area contributed by atoms with Gasteiger partial charge in [-0.15, -0.1) is 0 Å². The van der Waals surface area contributed by atoms with Crippen LogP contribution in [0.3, 0.4) is 0 Å². The van der Waals surface area contributed by atoms with Crippen LogP contribution >= 0.6 is 0 Å². The topological polar surface area (TPSA) is 31.5 Å². The van der Waals surface area contributed by atoms with Crippen LogP contribution in [0, 0.1) is 11.3 Å². The van der Waals surface area contributed by atoms with Gasteiger partial charge >= 0.3 is 0 Å². The molecule has 0 radical (unpaired) electrons. The van der Waals surface area contributed by atoms with Crippen LogP contribution in [0.5, 0.6) is 0 Å². The second-order valence-corrected chi connectivity index (χ2v) is 6.33. The van der Waals surface area contributed by atoms with E-state index in [0.29, 0.717) is 12.5 Å². The molecule has 0 amide bonds. The highest BCUT2D eigenvalue weighted by atomic mass is 15.6. The quantitative estimate of drug-likeness (QED) is 0.745. The minimum atomic E-state index is 0.618. The van der Waals surface area contributed by atoms with Gasteiger partial charge in [0.25, 0.3) is 0 Å². The Kier molecular flexibility index (Phi) is 7.42. The number of nitrogens with zero attached hydrogens (tertiary/aromatic N) is 2. The first-order valence-corrected chi connectivity index (χ1v) is 8.91. The molecule has 1 aromatic carbocycles. The fraction of sp³-hybridized carbons (Fsp3) is 0.632. The van der Waals surface area contributed by atoms with Crippen LogP contribution in [0.4, 0.5) is 5.69 Å². The van der Waals surface area contributed by atoms with E-state index in [9.17, 15) is 0 Å². The van der Waals surface area contributed by atoms with Gasteiger partial charge in [-0.1, -0.05) is 38.0 Å². The average molecular weight is 300 g/mol. The predicted octanol–water partition coefficient (Wildman–Crippen LogP) is 3.47. The third-order valence-corrected chi connectivity index (χ3v) is 4.68. The third kappa shape index (κ3) is 4.83. The molecule has 1 N–H and O–H groups in total. The van der Waals surface area contributed by atoms with E-state index in [1.165, 1.54) is 55.6 Å². The first-order valence-electron chi connectivity index (χ1n) is 8.91. The van der Waals surface area contributed by atoms with Crippen molar-refractivity contribution in [1.82, 2.24) is 5.01 Å². The van der Waals surface area contributed by atoms with Crippen molar-refractivity contribution in [1.29, 1.82) is 5.26 Å². The largest absolute Gasteiger partial charge is 0.220 e. The van der Waals surface area contributed by atoms with Gasteiger partial charge in [0.1, 0.15) is 6.04 Å². The SMILES string of the molecule is CCCCN(CCC#N)[NH+](c1ccccc1)C1CCCCC1. The summed E-state index contributed by atoms with van der Waals surface area (Å²) in [5, 5.41) is 13.0. The van der Waals surface area contributed by atoms with Gasteiger partial charge in [-0.05, 0) is 19.3 Å². The molecule has 1 fully saturated rings. The van der Waals surface area contributed by atoms with E-state index in [1.807, 2.05) is 0 Å². The van der Waals surface area contributed by atoms with E-state index >= 15 is 0 Å². The van der Waals surface area contributed by atoms with E-state index < -0.39 is 0 Å². The number of hydrogen-bond acceptors (Lipinski definition) is 2. The molecule has 1 aliphatic rings. The fourth-order valence-corrected chi connectivity index (χ4v) is 3.55. The summed E-state index contributed by atoms with van der Waals surface area (Å²) in [6.45, 7) is 4.20. The Labute approximate surface area is 135 Å². The number of hydrogen-bond donors (Lipinski definition) is 1. The standard InChI is InChI=1S/C19H29N3/c1-2-3-16-21(17-10-15-20)22(18-11-6-4-7-12-18)19-13-8-5-9-14-19/h4,6-7,11-12,19H,2-3,5,8-10,13-14,16-17H2,1H3/p+1. The first kappa shape index (κ1) is 17.0. The minimum Gasteiger partial charge on any atom is -0.220 e. The Balaban J connectivity index is 2.20. The highest BCUT2D eigenvalue weighted by Crippen LogP contribution is 2.18. The highest BCUT2D eigenvalue weighted by molar-refractivity contribution is 5.28. The summed E-state index contributed by atoms with van der Waals surface area (Å²) < 4.78 is 0. The Morgan fingerprint density at radius 3 is 2.50 bits per heavy atom. The predicted molar refractivity (Wildman–Crippen MR) is 90.6 cm³/mol. The Hall–Kier alpha value is -1.37.